The molecular formula is C20H23NO4. The number of rotatable bonds is 8. The van der Waals surface area contributed by atoms with E-state index >= 15 is 0 Å². The first-order valence-corrected chi connectivity index (χ1v) is 8.33. The number of hydrogen-bond donors (Lipinski definition) is 0. The lowest BCUT2D eigenvalue weighted by atomic mass is 10.0. The molecule has 0 fully saturated rings. The minimum absolute atomic E-state index is 0.223. The van der Waals surface area contributed by atoms with Crippen molar-refractivity contribution < 1.29 is 19.1 Å². The maximum atomic E-state index is 12.4. The van der Waals surface area contributed by atoms with Gasteiger partial charge in [0.05, 0.1) is 13.0 Å². The molecule has 1 aromatic heterocycles. The number of hydrogen-bond acceptors (Lipinski definition) is 4. The van der Waals surface area contributed by atoms with Gasteiger partial charge in [0.1, 0.15) is 6.42 Å². The number of carbonyl (C=O) groups is 3. The van der Waals surface area contributed by atoms with Crippen LogP contribution in [-0.4, -0.2) is 28.7 Å². The molecule has 1 heterocycles. The van der Waals surface area contributed by atoms with Gasteiger partial charge in [-0.3, -0.25) is 14.4 Å². The van der Waals surface area contributed by atoms with Crippen LogP contribution < -0.4 is 0 Å². The molecular weight excluding hydrogens is 318 g/mol. The third kappa shape index (κ3) is 4.89. The zero-order valence-electron chi connectivity index (χ0n) is 14.9. The van der Waals surface area contributed by atoms with Gasteiger partial charge in [-0.25, -0.2) is 0 Å². The highest BCUT2D eigenvalue weighted by atomic mass is 16.5. The summed E-state index contributed by atoms with van der Waals surface area (Å²) in [6, 6.07) is 11.8. The number of aromatic nitrogens is 1. The van der Waals surface area contributed by atoms with Crippen molar-refractivity contribution in [1.29, 1.82) is 0 Å². The molecule has 0 aliphatic carbocycles. The van der Waals surface area contributed by atoms with Gasteiger partial charge in [0.2, 0.25) is 0 Å². The zero-order valence-corrected chi connectivity index (χ0v) is 14.9. The van der Waals surface area contributed by atoms with Crippen molar-refractivity contribution in [1.82, 2.24) is 4.57 Å². The van der Waals surface area contributed by atoms with Crippen molar-refractivity contribution in [2.45, 2.75) is 40.2 Å². The average Bonchev–Trinajstić information content (AvgIpc) is 2.84. The van der Waals surface area contributed by atoms with Gasteiger partial charge in [0.25, 0.3) is 0 Å². The highest BCUT2D eigenvalue weighted by Crippen LogP contribution is 2.19. The number of Topliss-reactive ketones (excluding diaryl/α,β-unsaturated/α-hetero) is 2. The van der Waals surface area contributed by atoms with Crippen LogP contribution in [0, 0.1) is 13.8 Å². The molecule has 0 unspecified atom stereocenters. The highest BCUT2D eigenvalue weighted by molar-refractivity contribution is 6.12. The van der Waals surface area contributed by atoms with Crippen molar-refractivity contribution >= 4 is 17.5 Å². The van der Waals surface area contributed by atoms with E-state index < -0.39 is 11.8 Å². The topological polar surface area (TPSA) is 65.4 Å². The number of aryl methyl sites for hydroxylation is 1. The molecule has 0 radical (unpaired) electrons. The molecule has 0 atom stereocenters. The molecule has 0 aliphatic heterocycles. The molecule has 25 heavy (non-hydrogen) atoms. The first-order valence-electron chi connectivity index (χ1n) is 8.33. The Labute approximate surface area is 147 Å². The van der Waals surface area contributed by atoms with Gasteiger partial charge in [-0.15, -0.1) is 0 Å². The van der Waals surface area contributed by atoms with Crippen molar-refractivity contribution in [3.05, 3.63) is 58.9 Å². The van der Waals surface area contributed by atoms with E-state index in [4.69, 9.17) is 4.74 Å². The van der Waals surface area contributed by atoms with Crippen LogP contribution in [0.25, 0.3) is 0 Å². The molecule has 2 aromatic rings. The van der Waals surface area contributed by atoms with Gasteiger partial charge < -0.3 is 9.30 Å². The molecule has 0 aliphatic rings. The largest absolute Gasteiger partial charge is 0.466 e. The molecule has 0 saturated heterocycles. The molecule has 0 N–H and O–H groups in total. The summed E-state index contributed by atoms with van der Waals surface area (Å²) in [4.78, 5) is 35.7. The van der Waals surface area contributed by atoms with Crippen LogP contribution in [0.4, 0.5) is 0 Å². The van der Waals surface area contributed by atoms with E-state index in [9.17, 15) is 14.4 Å². The van der Waals surface area contributed by atoms with E-state index in [0.29, 0.717) is 12.1 Å². The van der Waals surface area contributed by atoms with Crippen LogP contribution in [0.2, 0.25) is 0 Å². The number of esters is 1. The fraction of sp³-hybridized carbons (Fsp3) is 0.350. The summed E-state index contributed by atoms with van der Waals surface area (Å²) in [6.07, 6.45) is -0.642. The summed E-state index contributed by atoms with van der Waals surface area (Å²) in [6.45, 7) is 6.38. The third-order valence-electron chi connectivity index (χ3n) is 4.06. The van der Waals surface area contributed by atoms with Crippen molar-refractivity contribution in [2.24, 2.45) is 0 Å². The monoisotopic (exact) mass is 341 g/mol. The Bertz CT molecular complexity index is 774. The van der Waals surface area contributed by atoms with Crippen molar-refractivity contribution in [3.8, 4) is 0 Å². The van der Waals surface area contributed by atoms with E-state index in [1.165, 1.54) is 0 Å². The first-order chi connectivity index (χ1) is 11.9. The molecule has 0 amide bonds. The van der Waals surface area contributed by atoms with Crippen LogP contribution in [0.5, 0.6) is 0 Å². The van der Waals surface area contributed by atoms with Gasteiger partial charge >= 0.3 is 5.97 Å². The van der Waals surface area contributed by atoms with Crippen LogP contribution in [-0.2, 0) is 20.9 Å². The Morgan fingerprint density at radius 3 is 2.36 bits per heavy atom. The quantitative estimate of drug-likeness (QED) is 0.420. The number of benzene rings is 1. The standard InChI is InChI=1S/C20H23NO4/c1-4-25-20(24)12-17(22)11-19(23)18-10-14(2)21(15(18)3)13-16-8-6-5-7-9-16/h5-10H,4,11-13H2,1-3H3. The summed E-state index contributed by atoms with van der Waals surface area (Å²) in [5.74, 6) is -1.27. The molecule has 5 nitrogen and oxygen atoms in total. The van der Waals surface area contributed by atoms with Gasteiger partial charge in [-0.05, 0) is 32.4 Å². The maximum absolute atomic E-state index is 12.4. The maximum Gasteiger partial charge on any atom is 0.313 e. The van der Waals surface area contributed by atoms with E-state index in [2.05, 4.69) is 4.57 Å². The fourth-order valence-electron chi connectivity index (χ4n) is 2.80. The predicted molar refractivity (Wildman–Crippen MR) is 94.7 cm³/mol. The highest BCUT2D eigenvalue weighted by Gasteiger charge is 2.20. The second-order valence-corrected chi connectivity index (χ2v) is 5.98. The summed E-state index contributed by atoms with van der Waals surface area (Å²) >= 11 is 0. The van der Waals surface area contributed by atoms with E-state index in [0.717, 1.165) is 17.0 Å². The summed E-state index contributed by atoms with van der Waals surface area (Å²) in [5.41, 5.74) is 3.46. The van der Waals surface area contributed by atoms with E-state index in [1.54, 1.807) is 13.0 Å². The Hall–Kier alpha value is -2.69. The van der Waals surface area contributed by atoms with Crippen LogP contribution >= 0.6 is 0 Å². The Kier molecular flexibility index (Phi) is 6.28. The van der Waals surface area contributed by atoms with Gasteiger partial charge in [-0.1, -0.05) is 30.3 Å². The second-order valence-electron chi connectivity index (χ2n) is 5.98. The number of nitrogens with zero attached hydrogens (tertiary/aromatic N) is 1. The van der Waals surface area contributed by atoms with E-state index in [-0.39, 0.29) is 25.2 Å². The minimum Gasteiger partial charge on any atom is -0.466 e. The predicted octanol–water partition coefficient (Wildman–Crippen LogP) is 3.25. The number of carbonyl (C=O) groups excluding carboxylic acids is 3. The van der Waals surface area contributed by atoms with Gasteiger partial charge in [0, 0.05) is 23.5 Å². The molecule has 2 rings (SSSR count). The molecule has 132 valence electrons. The molecule has 0 bridgehead atoms. The lowest BCUT2D eigenvalue weighted by Crippen LogP contribution is -2.15. The average molecular weight is 341 g/mol. The summed E-state index contributed by atoms with van der Waals surface area (Å²) < 4.78 is 6.79. The van der Waals surface area contributed by atoms with Crippen molar-refractivity contribution in [2.75, 3.05) is 6.61 Å². The molecule has 1 aromatic carbocycles. The SMILES string of the molecule is CCOC(=O)CC(=O)CC(=O)c1cc(C)n(Cc2ccccc2)c1C. The second kappa shape index (κ2) is 8.42. The normalized spacial score (nSPS) is 10.5. The lowest BCUT2D eigenvalue weighted by molar-refractivity contribution is -0.145. The van der Waals surface area contributed by atoms with Crippen molar-refractivity contribution in [3.63, 3.8) is 0 Å². The summed E-state index contributed by atoms with van der Waals surface area (Å²) in [7, 11) is 0. The smallest absolute Gasteiger partial charge is 0.313 e. The van der Waals surface area contributed by atoms with Crippen LogP contribution in [0.3, 0.4) is 0 Å². The van der Waals surface area contributed by atoms with Gasteiger partial charge in [-0.2, -0.15) is 0 Å². The Morgan fingerprint density at radius 2 is 1.72 bits per heavy atom. The third-order valence-corrected chi connectivity index (χ3v) is 4.06. The Morgan fingerprint density at radius 1 is 1.04 bits per heavy atom. The first kappa shape index (κ1) is 18.6. The van der Waals surface area contributed by atoms with Gasteiger partial charge in [0.15, 0.2) is 11.6 Å². The lowest BCUT2D eigenvalue weighted by Gasteiger charge is -2.10. The Balaban J connectivity index is 2.09. The zero-order chi connectivity index (χ0) is 18.4. The molecule has 0 spiro atoms. The molecule has 0 saturated carbocycles. The fourth-order valence-corrected chi connectivity index (χ4v) is 2.80. The summed E-state index contributed by atoms with van der Waals surface area (Å²) in [5, 5.41) is 0. The van der Waals surface area contributed by atoms with Crippen LogP contribution in [0.1, 0.15) is 47.1 Å². The minimum atomic E-state index is -0.588. The van der Waals surface area contributed by atoms with E-state index in [1.807, 2.05) is 44.2 Å². The number of ketones is 2. The van der Waals surface area contributed by atoms with Crippen LogP contribution in [0.15, 0.2) is 36.4 Å². The number of ether oxygens (including phenoxy) is 1. The molecule has 5 heteroatoms.